The molecule has 1 aromatic heterocycles. The van der Waals surface area contributed by atoms with Gasteiger partial charge in [0.2, 0.25) is 5.88 Å². The number of thiazole rings is 1. The second-order valence-corrected chi connectivity index (χ2v) is 9.25. The summed E-state index contributed by atoms with van der Waals surface area (Å²) in [6, 6.07) is 0. The SMILES string of the molecule is C=C(C)CC[C@@H](O)C/C=C/[C@H]1CCC(=O)[C@@H]1CCSc1nc(OC(=O)O)cs1. The first-order valence-corrected chi connectivity index (χ1v) is 11.2. The number of aromatic nitrogens is 1. The van der Waals surface area contributed by atoms with E-state index in [2.05, 4.69) is 22.4 Å². The summed E-state index contributed by atoms with van der Waals surface area (Å²) in [5.74, 6) is 1.35. The molecule has 1 aliphatic carbocycles. The van der Waals surface area contributed by atoms with Crippen LogP contribution in [0, 0.1) is 11.8 Å². The number of thioether (sulfide) groups is 1. The minimum atomic E-state index is -1.38. The van der Waals surface area contributed by atoms with E-state index >= 15 is 0 Å². The summed E-state index contributed by atoms with van der Waals surface area (Å²) >= 11 is 2.84. The average Bonchev–Trinajstić information content (AvgIpc) is 3.20. The van der Waals surface area contributed by atoms with Crippen molar-refractivity contribution in [3.8, 4) is 5.88 Å². The number of hydrogen-bond donors (Lipinski definition) is 2. The van der Waals surface area contributed by atoms with Crippen LogP contribution in [0.25, 0.3) is 0 Å². The molecule has 0 amide bonds. The molecule has 28 heavy (non-hydrogen) atoms. The van der Waals surface area contributed by atoms with E-state index in [0.29, 0.717) is 25.0 Å². The first-order valence-electron chi connectivity index (χ1n) is 9.36. The summed E-state index contributed by atoms with van der Waals surface area (Å²) in [4.78, 5) is 26.8. The van der Waals surface area contributed by atoms with Gasteiger partial charge in [0.1, 0.15) is 5.78 Å². The predicted molar refractivity (Wildman–Crippen MR) is 111 cm³/mol. The van der Waals surface area contributed by atoms with E-state index in [4.69, 9.17) is 5.11 Å². The van der Waals surface area contributed by atoms with Gasteiger partial charge in [0.25, 0.3) is 0 Å². The van der Waals surface area contributed by atoms with Crippen molar-refractivity contribution in [1.82, 2.24) is 4.98 Å². The number of carbonyl (C=O) groups is 2. The highest BCUT2D eigenvalue weighted by Gasteiger charge is 2.32. The summed E-state index contributed by atoms with van der Waals surface area (Å²) < 4.78 is 5.25. The maximum Gasteiger partial charge on any atom is 0.512 e. The minimum absolute atomic E-state index is 0.00557. The smallest absolute Gasteiger partial charge is 0.449 e. The van der Waals surface area contributed by atoms with Gasteiger partial charge in [0.15, 0.2) is 4.34 Å². The molecule has 0 radical (unpaired) electrons. The molecule has 2 N–H and O–H groups in total. The largest absolute Gasteiger partial charge is 0.512 e. The zero-order valence-electron chi connectivity index (χ0n) is 16.0. The van der Waals surface area contributed by atoms with Crippen molar-refractivity contribution in [1.29, 1.82) is 0 Å². The molecule has 154 valence electrons. The van der Waals surface area contributed by atoms with Gasteiger partial charge in [-0.15, -0.1) is 17.9 Å². The molecular formula is C20H27NO5S2. The lowest BCUT2D eigenvalue weighted by Gasteiger charge is -2.14. The molecule has 6 nitrogen and oxygen atoms in total. The van der Waals surface area contributed by atoms with E-state index in [-0.39, 0.29) is 23.8 Å². The second kappa shape index (κ2) is 11.4. The molecular weight excluding hydrogens is 398 g/mol. The highest BCUT2D eigenvalue weighted by molar-refractivity contribution is 8.01. The Morgan fingerprint density at radius 1 is 1.57 bits per heavy atom. The zero-order valence-corrected chi connectivity index (χ0v) is 17.6. The molecule has 1 fully saturated rings. The van der Waals surface area contributed by atoms with Crippen LogP contribution in [-0.4, -0.2) is 39.0 Å². The fourth-order valence-electron chi connectivity index (χ4n) is 3.20. The quantitative estimate of drug-likeness (QED) is 0.294. The maximum atomic E-state index is 12.2. The van der Waals surface area contributed by atoms with Gasteiger partial charge in [-0.1, -0.05) is 29.5 Å². The number of Topliss-reactive ketones (excluding diaryl/α,β-unsaturated/α-hetero) is 1. The first-order chi connectivity index (χ1) is 13.3. The molecule has 8 heteroatoms. The number of hydrogen-bond acceptors (Lipinski definition) is 7. The van der Waals surface area contributed by atoms with Crippen LogP contribution >= 0.6 is 23.1 Å². The van der Waals surface area contributed by atoms with E-state index in [1.165, 1.54) is 23.1 Å². The van der Waals surface area contributed by atoms with Crippen LogP contribution in [-0.2, 0) is 4.79 Å². The Hall–Kier alpha value is -1.64. The van der Waals surface area contributed by atoms with Crippen molar-refractivity contribution in [3.05, 3.63) is 29.7 Å². The second-order valence-electron chi connectivity index (χ2n) is 7.05. The number of allylic oxidation sites excluding steroid dienone is 2. The Balaban J connectivity index is 1.77. The van der Waals surface area contributed by atoms with Crippen LogP contribution in [0.4, 0.5) is 4.79 Å². The highest BCUT2D eigenvalue weighted by atomic mass is 32.2. The molecule has 0 aliphatic heterocycles. The third kappa shape index (κ3) is 7.77. The van der Waals surface area contributed by atoms with Gasteiger partial charge in [-0.05, 0) is 44.9 Å². The third-order valence-corrected chi connectivity index (χ3v) is 6.69. The topological polar surface area (TPSA) is 96.7 Å². The Morgan fingerprint density at radius 2 is 2.36 bits per heavy atom. The predicted octanol–water partition coefficient (Wildman–Crippen LogP) is 4.94. The van der Waals surface area contributed by atoms with E-state index in [1.807, 2.05) is 13.0 Å². The lowest BCUT2D eigenvalue weighted by molar-refractivity contribution is -0.121. The van der Waals surface area contributed by atoms with Crippen molar-refractivity contribution in [3.63, 3.8) is 0 Å². The Bertz CT molecular complexity index is 715. The summed E-state index contributed by atoms with van der Waals surface area (Å²) in [5.41, 5.74) is 1.07. The lowest BCUT2D eigenvalue weighted by Crippen LogP contribution is -2.14. The number of ether oxygens (including phenoxy) is 1. The lowest BCUT2D eigenvalue weighted by atomic mass is 9.92. The summed E-state index contributed by atoms with van der Waals surface area (Å²) in [5, 5.41) is 20.1. The maximum absolute atomic E-state index is 12.2. The molecule has 3 atom stereocenters. The van der Waals surface area contributed by atoms with Crippen LogP contribution in [0.2, 0.25) is 0 Å². The number of aliphatic hydroxyl groups excluding tert-OH is 1. The van der Waals surface area contributed by atoms with Crippen LogP contribution in [0.1, 0.15) is 45.4 Å². The fourth-order valence-corrected chi connectivity index (χ4v) is 5.01. The number of aliphatic hydroxyl groups is 1. The van der Waals surface area contributed by atoms with Crippen molar-refractivity contribution in [2.45, 2.75) is 55.9 Å². The number of rotatable bonds is 11. The molecule has 0 bridgehead atoms. The average molecular weight is 426 g/mol. The molecule has 1 aliphatic rings. The molecule has 0 unspecified atom stereocenters. The molecule has 0 spiro atoms. The summed E-state index contributed by atoms with van der Waals surface area (Å²) in [6.07, 6.45) is 6.71. The van der Waals surface area contributed by atoms with Crippen molar-refractivity contribution >= 4 is 35.0 Å². The van der Waals surface area contributed by atoms with E-state index in [1.54, 1.807) is 5.38 Å². The number of carbonyl (C=O) groups excluding carboxylic acids is 1. The van der Waals surface area contributed by atoms with Crippen molar-refractivity contribution in [2.75, 3.05) is 5.75 Å². The monoisotopic (exact) mass is 425 g/mol. The summed E-state index contributed by atoms with van der Waals surface area (Å²) in [6.45, 7) is 5.81. The van der Waals surface area contributed by atoms with Crippen LogP contribution in [0.3, 0.4) is 0 Å². The van der Waals surface area contributed by atoms with E-state index in [0.717, 1.165) is 34.9 Å². The van der Waals surface area contributed by atoms with Crippen LogP contribution in [0.5, 0.6) is 5.88 Å². The summed E-state index contributed by atoms with van der Waals surface area (Å²) in [7, 11) is 0. The molecule has 1 saturated carbocycles. The number of ketones is 1. The standard InChI is InChI=1S/C20H27NO5S2/c1-13(2)6-8-15(22)5-3-4-14-7-9-17(23)16(14)10-11-27-19-21-18(12-28-19)26-20(24)25/h3-4,12,14-16,22H,1,5-11H2,2H3,(H,24,25)/b4-3+/t14-,15-,16+/m0/s1. The Morgan fingerprint density at radius 3 is 3.07 bits per heavy atom. The Labute approximate surface area is 173 Å². The van der Waals surface area contributed by atoms with Crippen molar-refractivity contribution in [2.24, 2.45) is 11.8 Å². The van der Waals surface area contributed by atoms with Gasteiger partial charge in [0.05, 0.1) is 11.5 Å². The molecule has 1 aromatic rings. The van der Waals surface area contributed by atoms with Gasteiger partial charge in [-0.2, -0.15) is 4.98 Å². The number of carboxylic acid groups (broad SMARTS) is 1. The number of nitrogens with zero attached hydrogens (tertiary/aromatic N) is 1. The van der Waals surface area contributed by atoms with Gasteiger partial charge in [-0.3, -0.25) is 4.79 Å². The van der Waals surface area contributed by atoms with Crippen LogP contribution < -0.4 is 4.74 Å². The van der Waals surface area contributed by atoms with Crippen LogP contribution in [0.15, 0.2) is 34.0 Å². The fraction of sp³-hybridized carbons (Fsp3) is 0.550. The van der Waals surface area contributed by atoms with Gasteiger partial charge in [-0.25, -0.2) is 4.79 Å². The first kappa shape index (κ1) is 22.6. The van der Waals surface area contributed by atoms with E-state index < -0.39 is 6.16 Å². The molecule has 1 heterocycles. The zero-order chi connectivity index (χ0) is 20.5. The van der Waals surface area contributed by atoms with Gasteiger partial charge in [0, 0.05) is 18.1 Å². The highest BCUT2D eigenvalue weighted by Crippen LogP contribution is 2.35. The Kier molecular flexibility index (Phi) is 9.21. The van der Waals surface area contributed by atoms with Gasteiger partial charge < -0.3 is 14.9 Å². The molecule has 0 saturated heterocycles. The molecule has 0 aromatic carbocycles. The minimum Gasteiger partial charge on any atom is -0.449 e. The van der Waals surface area contributed by atoms with Crippen molar-refractivity contribution < 1.29 is 24.5 Å². The van der Waals surface area contributed by atoms with E-state index in [9.17, 15) is 14.7 Å². The van der Waals surface area contributed by atoms with Gasteiger partial charge >= 0.3 is 6.16 Å². The normalized spacial score (nSPS) is 20.6. The third-order valence-electron chi connectivity index (χ3n) is 4.66. The molecule has 2 rings (SSSR count).